The van der Waals surface area contributed by atoms with Crippen LogP contribution in [0.2, 0.25) is 5.02 Å². The zero-order valence-corrected chi connectivity index (χ0v) is 14.3. The van der Waals surface area contributed by atoms with Gasteiger partial charge in [0, 0.05) is 28.2 Å². The third kappa shape index (κ3) is 2.83. The van der Waals surface area contributed by atoms with Gasteiger partial charge in [0.15, 0.2) is 0 Å². The number of halogens is 1. The molecule has 0 unspecified atom stereocenters. The normalized spacial score (nSPS) is 11.1. The van der Waals surface area contributed by atoms with Gasteiger partial charge in [0.25, 0.3) is 0 Å². The van der Waals surface area contributed by atoms with Gasteiger partial charge in [-0.2, -0.15) is 0 Å². The molecule has 0 aliphatic heterocycles. The predicted molar refractivity (Wildman–Crippen MR) is 103 cm³/mol. The summed E-state index contributed by atoms with van der Waals surface area (Å²) in [5.41, 5.74) is 6.22. The molecule has 3 aromatic carbocycles. The Morgan fingerprint density at radius 2 is 1.58 bits per heavy atom. The fourth-order valence-corrected chi connectivity index (χ4v) is 3.32. The van der Waals surface area contributed by atoms with Crippen molar-refractivity contribution < 1.29 is 0 Å². The summed E-state index contributed by atoms with van der Waals surface area (Å²) in [4.78, 5) is 0. The number of benzene rings is 3. The molecular formula is C22H18ClN. The number of hydrogen-bond donors (Lipinski definition) is 0. The molecule has 0 aliphatic rings. The van der Waals surface area contributed by atoms with Gasteiger partial charge >= 0.3 is 0 Å². The maximum Gasteiger partial charge on any atom is 0.0494 e. The summed E-state index contributed by atoms with van der Waals surface area (Å²) >= 11 is 6.19. The number of hydrogen-bond acceptors (Lipinski definition) is 0. The van der Waals surface area contributed by atoms with Gasteiger partial charge < -0.3 is 4.57 Å². The van der Waals surface area contributed by atoms with Crippen LogP contribution >= 0.6 is 11.6 Å². The van der Waals surface area contributed by atoms with Crippen LogP contribution in [0.4, 0.5) is 0 Å². The van der Waals surface area contributed by atoms with E-state index in [-0.39, 0.29) is 0 Å². The van der Waals surface area contributed by atoms with Crippen molar-refractivity contribution in [1.29, 1.82) is 0 Å². The van der Waals surface area contributed by atoms with Gasteiger partial charge in [-0.15, -0.1) is 0 Å². The smallest absolute Gasteiger partial charge is 0.0494 e. The van der Waals surface area contributed by atoms with Crippen LogP contribution in [0.1, 0.15) is 11.1 Å². The molecule has 1 nitrogen and oxygen atoms in total. The highest BCUT2D eigenvalue weighted by Gasteiger charge is 2.11. The molecule has 0 bridgehead atoms. The Balaban J connectivity index is 1.89. The zero-order valence-electron chi connectivity index (χ0n) is 13.5. The lowest BCUT2D eigenvalue weighted by Crippen LogP contribution is -2.01. The first-order valence-corrected chi connectivity index (χ1v) is 8.48. The van der Waals surface area contributed by atoms with E-state index in [0.717, 1.165) is 11.6 Å². The van der Waals surface area contributed by atoms with Crippen LogP contribution in [0, 0.1) is 6.92 Å². The van der Waals surface area contributed by atoms with Crippen molar-refractivity contribution in [3.8, 4) is 11.3 Å². The minimum atomic E-state index is 0.773. The van der Waals surface area contributed by atoms with Crippen molar-refractivity contribution in [3.63, 3.8) is 0 Å². The van der Waals surface area contributed by atoms with E-state index in [1.807, 2.05) is 18.2 Å². The third-order valence-electron chi connectivity index (χ3n) is 4.39. The van der Waals surface area contributed by atoms with Gasteiger partial charge in [0.05, 0.1) is 0 Å². The topological polar surface area (TPSA) is 4.93 Å². The zero-order chi connectivity index (χ0) is 16.5. The lowest BCUT2D eigenvalue weighted by atomic mass is 10.1. The highest BCUT2D eigenvalue weighted by Crippen LogP contribution is 2.30. The molecule has 4 aromatic rings. The van der Waals surface area contributed by atoms with Gasteiger partial charge in [-0.05, 0) is 42.3 Å². The van der Waals surface area contributed by atoms with E-state index < -0.39 is 0 Å². The van der Waals surface area contributed by atoms with Crippen molar-refractivity contribution in [2.45, 2.75) is 13.5 Å². The molecule has 118 valence electrons. The quantitative estimate of drug-likeness (QED) is 0.414. The van der Waals surface area contributed by atoms with Gasteiger partial charge in [0.2, 0.25) is 0 Å². The van der Waals surface area contributed by atoms with Crippen molar-refractivity contribution >= 4 is 22.5 Å². The Hall–Kier alpha value is -2.51. The summed E-state index contributed by atoms with van der Waals surface area (Å²) < 4.78 is 2.37. The monoisotopic (exact) mass is 331 g/mol. The first kappa shape index (κ1) is 15.0. The number of nitrogens with zero attached hydrogens (tertiary/aromatic N) is 1. The van der Waals surface area contributed by atoms with Gasteiger partial charge in [-0.25, -0.2) is 0 Å². The Morgan fingerprint density at radius 1 is 0.833 bits per heavy atom. The standard InChI is InChI=1S/C22H18ClN/c1-16-7-9-17(10-8-16)15-24-21-12-11-20(23)13-19(21)14-22(24)18-5-3-2-4-6-18/h2-14H,15H2,1H3. The summed E-state index contributed by atoms with van der Waals surface area (Å²) in [5.74, 6) is 0. The number of aromatic nitrogens is 1. The first-order chi connectivity index (χ1) is 11.7. The van der Waals surface area contributed by atoms with E-state index in [2.05, 4.69) is 72.2 Å². The third-order valence-corrected chi connectivity index (χ3v) is 4.63. The lowest BCUT2D eigenvalue weighted by molar-refractivity contribution is 0.844. The van der Waals surface area contributed by atoms with Crippen LogP contribution in [0.25, 0.3) is 22.2 Å². The summed E-state index contributed by atoms with van der Waals surface area (Å²) in [6.45, 7) is 2.96. The molecule has 0 amide bonds. The van der Waals surface area contributed by atoms with Crippen LogP contribution in [-0.2, 0) is 6.54 Å². The van der Waals surface area contributed by atoms with Crippen LogP contribution in [0.15, 0.2) is 78.9 Å². The molecule has 4 rings (SSSR count). The summed E-state index contributed by atoms with van der Waals surface area (Å²) in [7, 11) is 0. The van der Waals surface area contributed by atoms with Crippen molar-refractivity contribution in [3.05, 3.63) is 95.0 Å². The fourth-order valence-electron chi connectivity index (χ4n) is 3.14. The van der Waals surface area contributed by atoms with Crippen LogP contribution in [0.3, 0.4) is 0 Å². The van der Waals surface area contributed by atoms with E-state index in [1.165, 1.54) is 33.3 Å². The molecule has 2 heteroatoms. The number of aryl methyl sites for hydroxylation is 1. The van der Waals surface area contributed by atoms with Gasteiger partial charge in [0.1, 0.15) is 0 Å². The van der Waals surface area contributed by atoms with Crippen molar-refractivity contribution in [1.82, 2.24) is 4.57 Å². The molecule has 0 saturated carbocycles. The summed E-state index contributed by atoms with van der Waals surface area (Å²) in [6.07, 6.45) is 0. The molecule has 0 fully saturated rings. The summed E-state index contributed by atoms with van der Waals surface area (Å²) in [6, 6.07) is 27.6. The van der Waals surface area contributed by atoms with E-state index in [0.29, 0.717) is 0 Å². The number of fused-ring (bicyclic) bond motifs is 1. The fraction of sp³-hybridized carbons (Fsp3) is 0.0909. The summed E-state index contributed by atoms with van der Waals surface area (Å²) in [5, 5.41) is 1.95. The van der Waals surface area contributed by atoms with E-state index in [4.69, 9.17) is 11.6 Å². The second-order valence-corrected chi connectivity index (χ2v) is 6.61. The first-order valence-electron chi connectivity index (χ1n) is 8.10. The van der Waals surface area contributed by atoms with E-state index >= 15 is 0 Å². The van der Waals surface area contributed by atoms with E-state index in [9.17, 15) is 0 Å². The highest BCUT2D eigenvalue weighted by atomic mass is 35.5. The highest BCUT2D eigenvalue weighted by molar-refractivity contribution is 6.31. The molecule has 1 heterocycles. The van der Waals surface area contributed by atoms with Crippen LogP contribution in [-0.4, -0.2) is 4.57 Å². The minimum Gasteiger partial charge on any atom is -0.336 e. The van der Waals surface area contributed by atoms with Crippen molar-refractivity contribution in [2.24, 2.45) is 0 Å². The Labute approximate surface area is 147 Å². The molecule has 0 radical (unpaired) electrons. The molecule has 0 saturated heterocycles. The van der Waals surface area contributed by atoms with Gasteiger partial charge in [-0.1, -0.05) is 71.8 Å². The Kier molecular flexibility index (Phi) is 3.87. The Bertz CT molecular complexity index is 982. The molecule has 1 aromatic heterocycles. The minimum absolute atomic E-state index is 0.773. The molecule has 0 spiro atoms. The molecular weight excluding hydrogens is 314 g/mol. The van der Waals surface area contributed by atoms with Crippen LogP contribution < -0.4 is 0 Å². The van der Waals surface area contributed by atoms with Crippen molar-refractivity contribution in [2.75, 3.05) is 0 Å². The molecule has 0 aliphatic carbocycles. The van der Waals surface area contributed by atoms with Gasteiger partial charge in [-0.3, -0.25) is 0 Å². The Morgan fingerprint density at radius 3 is 2.33 bits per heavy atom. The second kappa shape index (κ2) is 6.18. The van der Waals surface area contributed by atoms with E-state index in [1.54, 1.807) is 0 Å². The SMILES string of the molecule is Cc1ccc(Cn2c(-c3ccccc3)cc3cc(Cl)ccc32)cc1. The molecule has 0 N–H and O–H groups in total. The maximum atomic E-state index is 6.19. The molecule has 24 heavy (non-hydrogen) atoms. The average Bonchev–Trinajstić information content (AvgIpc) is 2.95. The van der Waals surface area contributed by atoms with Crippen LogP contribution in [0.5, 0.6) is 0 Å². The molecule has 0 atom stereocenters. The largest absolute Gasteiger partial charge is 0.336 e. The second-order valence-electron chi connectivity index (χ2n) is 6.17. The predicted octanol–water partition coefficient (Wildman–Crippen LogP) is 6.32. The average molecular weight is 332 g/mol. The maximum absolute atomic E-state index is 6.19. The number of rotatable bonds is 3. The lowest BCUT2D eigenvalue weighted by Gasteiger charge is -2.12.